The van der Waals surface area contributed by atoms with Crippen molar-refractivity contribution >= 4 is 28.3 Å². The van der Waals surface area contributed by atoms with Crippen LogP contribution in [0.25, 0.3) is 0 Å². The molecule has 6 nitrogen and oxygen atoms in total. The van der Waals surface area contributed by atoms with Crippen molar-refractivity contribution in [1.29, 1.82) is 0 Å². The summed E-state index contributed by atoms with van der Waals surface area (Å²) in [5.74, 6) is -0.00488. The van der Waals surface area contributed by atoms with Crippen molar-refractivity contribution in [3.05, 3.63) is 22.9 Å². The molecule has 0 aliphatic heterocycles. The molecule has 0 saturated heterocycles. The van der Waals surface area contributed by atoms with E-state index in [-0.39, 0.29) is 17.6 Å². The van der Waals surface area contributed by atoms with Gasteiger partial charge in [-0.2, -0.15) is 0 Å². The normalized spacial score (nSPS) is 10.4. The van der Waals surface area contributed by atoms with Crippen LogP contribution in [0.2, 0.25) is 0 Å². The van der Waals surface area contributed by atoms with E-state index in [2.05, 4.69) is 22.4 Å². The molecule has 2 aromatic heterocycles. The number of nitrogen functional groups attached to an aromatic ring is 1. The van der Waals surface area contributed by atoms with Gasteiger partial charge in [-0.25, -0.2) is 0 Å². The monoisotopic (exact) mass is 252 g/mol. The van der Waals surface area contributed by atoms with Crippen LogP contribution in [-0.2, 0) is 6.42 Å². The predicted molar refractivity (Wildman–Crippen MR) is 65.0 cm³/mol. The highest BCUT2D eigenvalue weighted by molar-refractivity contribution is 7.15. The Balaban J connectivity index is 2.02. The van der Waals surface area contributed by atoms with Gasteiger partial charge >= 0.3 is 0 Å². The molecular formula is C10H12N4O2S. The van der Waals surface area contributed by atoms with Crippen LogP contribution in [0, 0.1) is 0 Å². The van der Waals surface area contributed by atoms with E-state index in [1.807, 2.05) is 0 Å². The minimum Gasteiger partial charge on any atom is -0.436 e. The van der Waals surface area contributed by atoms with Crippen LogP contribution in [-0.4, -0.2) is 16.1 Å². The number of nitrogens with two attached hydrogens (primary N) is 1. The molecule has 7 heteroatoms. The van der Waals surface area contributed by atoms with E-state index in [0.717, 1.165) is 17.8 Å². The lowest BCUT2D eigenvalue weighted by molar-refractivity contribution is 0.0997. The van der Waals surface area contributed by atoms with Gasteiger partial charge in [0.05, 0.1) is 0 Å². The first-order valence-corrected chi connectivity index (χ1v) is 5.99. The van der Waals surface area contributed by atoms with E-state index in [1.54, 1.807) is 0 Å². The minimum atomic E-state index is -0.374. The molecule has 90 valence electrons. The molecule has 0 atom stereocenters. The summed E-state index contributed by atoms with van der Waals surface area (Å²) in [4.78, 5) is 11.7. The highest BCUT2D eigenvalue weighted by Gasteiger charge is 2.13. The van der Waals surface area contributed by atoms with Gasteiger partial charge in [0.2, 0.25) is 5.13 Å². The topological polar surface area (TPSA) is 94.0 Å². The summed E-state index contributed by atoms with van der Waals surface area (Å²) in [6, 6.07) is 3.04. The van der Waals surface area contributed by atoms with E-state index in [9.17, 15) is 4.79 Å². The minimum absolute atomic E-state index is 0.162. The Labute approximate surface area is 102 Å². The molecule has 0 unspecified atom stereocenters. The van der Waals surface area contributed by atoms with Crippen molar-refractivity contribution in [1.82, 2.24) is 10.2 Å². The molecule has 2 rings (SSSR count). The van der Waals surface area contributed by atoms with Crippen LogP contribution in [0.1, 0.15) is 28.9 Å². The van der Waals surface area contributed by atoms with E-state index < -0.39 is 0 Å². The molecule has 0 bridgehead atoms. The number of rotatable bonds is 4. The molecule has 0 saturated carbocycles. The zero-order valence-electron chi connectivity index (χ0n) is 9.27. The van der Waals surface area contributed by atoms with Crippen LogP contribution in [0.5, 0.6) is 0 Å². The molecule has 0 radical (unpaired) electrons. The zero-order chi connectivity index (χ0) is 12.3. The Morgan fingerprint density at radius 1 is 1.53 bits per heavy atom. The number of nitrogens with zero attached hydrogens (tertiary/aromatic N) is 2. The summed E-state index contributed by atoms with van der Waals surface area (Å²) in [6.45, 7) is 2.06. The van der Waals surface area contributed by atoms with Crippen molar-refractivity contribution in [2.75, 3.05) is 11.1 Å². The third-order valence-electron chi connectivity index (χ3n) is 2.00. The Morgan fingerprint density at radius 3 is 3.00 bits per heavy atom. The molecule has 2 heterocycles. The van der Waals surface area contributed by atoms with Crippen molar-refractivity contribution in [2.24, 2.45) is 0 Å². The van der Waals surface area contributed by atoms with Gasteiger partial charge in [-0.3, -0.25) is 10.1 Å². The number of anilines is 2. The highest BCUT2D eigenvalue weighted by atomic mass is 32.1. The molecule has 0 spiro atoms. The fraction of sp³-hybridized carbons (Fsp3) is 0.300. The maximum atomic E-state index is 11.7. The van der Waals surface area contributed by atoms with Gasteiger partial charge in [0.25, 0.3) is 5.91 Å². The third-order valence-corrected chi connectivity index (χ3v) is 2.90. The van der Waals surface area contributed by atoms with E-state index in [4.69, 9.17) is 10.2 Å². The second-order valence-corrected chi connectivity index (χ2v) is 4.47. The Kier molecular flexibility index (Phi) is 3.38. The summed E-state index contributed by atoms with van der Waals surface area (Å²) >= 11 is 1.36. The first-order chi connectivity index (χ1) is 8.19. The molecule has 2 aromatic rings. The number of carbonyl (C=O) groups excluding carboxylic acids is 1. The smallest absolute Gasteiger partial charge is 0.293 e. The number of carbonyl (C=O) groups is 1. The number of aromatic nitrogens is 2. The number of hydrogen-bond acceptors (Lipinski definition) is 6. The summed E-state index contributed by atoms with van der Waals surface area (Å²) < 4.78 is 4.99. The molecule has 0 aliphatic rings. The maximum absolute atomic E-state index is 11.7. The van der Waals surface area contributed by atoms with Crippen LogP contribution < -0.4 is 11.1 Å². The van der Waals surface area contributed by atoms with Crippen molar-refractivity contribution in [3.8, 4) is 0 Å². The van der Waals surface area contributed by atoms with E-state index in [0.29, 0.717) is 5.13 Å². The summed E-state index contributed by atoms with van der Waals surface area (Å²) in [6.07, 6.45) is 1.86. The standard InChI is InChI=1S/C10H12N4O2S/c1-2-3-8-13-14-10(17-8)12-9(15)6-4-5-7(11)16-6/h4-5H,2-3,11H2,1H3,(H,12,14,15). The van der Waals surface area contributed by atoms with Crippen LogP contribution in [0.4, 0.5) is 11.0 Å². The Morgan fingerprint density at radius 2 is 2.35 bits per heavy atom. The second kappa shape index (κ2) is 4.96. The summed E-state index contributed by atoms with van der Waals surface area (Å²) in [5.41, 5.74) is 5.38. The lowest BCUT2D eigenvalue weighted by Crippen LogP contribution is -2.10. The van der Waals surface area contributed by atoms with Crippen LogP contribution in [0.3, 0.4) is 0 Å². The van der Waals surface area contributed by atoms with Crippen molar-refractivity contribution < 1.29 is 9.21 Å². The van der Waals surface area contributed by atoms with Gasteiger partial charge < -0.3 is 10.2 Å². The van der Waals surface area contributed by atoms with Crippen molar-refractivity contribution in [3.63, 3.8) is 0 Å². The molecule has 0 aromatic carbocycles. The lowest BCUT2D eigenvalue weighted by Gasteiger charge is -1.95. The third kappa shape index (κ3) is 2.82. The maximum Gasteiger partial charge on any atom is 0.293 e. The number of hydrogen-bond donors (Lipinski definition) is 2. The largest absolute Gasteiger partial charge is 0.436 e. The van der Waals surface area contributed by atoms with Gasteiger partial charge in [0.1, 0.15) is 5.01 Å². The van der Waals surface area contributed by atoms with E-state index in [1.165, 1.54) is 23.5 Å². The van der Waals surface area contributed by atoms with Gasteiger partial charge in [-0.15, -0.1) is 10.2 Å². The average molecular weight is 252 g/mol. The van der Waals surface area contributed by atoms with Gasteiger partial charge in [-0.05, 0) is 12.5 Å². The zero-order valence-corrected chi connectivity index (χ0v) is 10.1. The predicted octanol–water partition coefficient (Wildman–Crippen LogP) is 1.92. The molecule has 0 aliphatic carbocycles. The van der Waals surface area contributed by atoms with Crippen LogP contribution >= 0.6 is 11.3 Å². The highest BCUT2D eigenvalue weighted by Crippen LogP contribution is 2.18. The van der Waals surface area contributed by atoms with Crippen LogP contribution in [0.15, 0.2) is 16.5 Å². The lowest BCUT2D eigenvalue weighted by atomic mass is 10.4. The van der Waals surface area contributed by atoms with Crippen molar-refractivity contribution in [2.45, 2.75) is 19.8 Å². The molecule has 0 fully saturated rings. The molecule has 1 amide bonds. The number of furan rings is 1. The van der Waals surface area contributed by atoms with Gasteiger partial charge in [0.15, 0.2) is 11.6 Å². The average Bonchev–Trinajstić information content (AvgIpc) is 2.88. The quantitative estimate of drug-likeness (QED) is 0.866. The number of aryl methyl sites for hydroxylation is 1. The Bertz CT molecular complexity index is 520. The first-order valence-electron chi connectivity index (χ1n) is 5.18. The number of amides is 1. The SMILES string of the molecule is CCCc1nnc(NC(=O)c2ccc(N)o2)s1. The molecule has 17 heavy (non-hydrogen) atoms. The first kappa shape index (κ1) is 11.6. The summed E-state index contributed by atoms with van der Waals surface area (Å²) in [7, 11) is 0. The van der Waals surface area contributed by atoms with Gasteiger partial charge in [0, 0.05) is 12.5 Å². The van der Waals surface area contributed by atoms with Gasteiger partial charge in [-0.1, -0.05) is 18.3 Å². The molecule has 3 N–H and O–H groups in total. The number of nitrogens with one attached hydrogen (secondary N) is 1. The Hall–Kier alpha value is -1.89. The summed E-state index contributed by atoms with van der Waals surface area (Å²) in [5, 5.41) is 11.8. The fourth-order valence-corrected chi connectivity index (χ4v) is 2.09. The fourth-order valence-electron chi connectivity index (χ4n) is 1.25. The second-order valence-electron chi connectivity index (χ2n) is 3.41. The van der Waals surface area contributed by atoms with E-state index >= 15 is 0 Å². The molecular weight excluding hydrogens is 240 g/mol.